The zero-order valence-electron chi connectivity index (χ0n) is 17.8. The quantitative estimate of drug-likeness (QED) is 0.179. The summed E-state index contributed by atoms with van der Waals surface area (Å²) < 4.78 is 5.22. The van der Waals surface area contributed by atoms with E-state index in [2.05, 4.69) is 36.4 Å². The number of fused-ring (bicyclic) bond motifs is 2. The van der Waals surface area contributed by atoms with Crippen LogP contribution in [0, 0.1) is 0 Å². The smallest absolute Gasteiger partial charge is 0.265 e. The van der Waals surface area contributed by atoms with E-state index < -0.39 is 0 Å². The molecule has 6 aromatic rings. The first kappa shape index (κ1) is 18.2. The van der Waals surface area contributed by atoms with Crippen LogP contribution in [0.2, 0.25) is 0 Å². The average molecular weight is 427 g/mol. The number of carbonyl (C=O) groups is 2. The Morgan fingerprint density at radius 3 is 1.67 bits per heavy atom. The number of ether oxygens (including phenoxy) is 1. The fraction of sp³-hybridized carbons (Fsp3) is 0.0345. The summed E-state index contributed by atoms with van der Waals surface area (Å²) in [6, 6.07) is 27.4. The van der Waals surface area contributed by atoms with Crippen LogP contribution < -0.4 is 9.64 Å². The molecular weight excluding hydrogens is 410 g/mol. The number of benzene rings is 6. The van der Waals surface area contributed by atoms with Gasteiger partial charge < -0.3 is 4.74 Å². The molecule has 0 aliphatic carbocycles. The highest BCUT2D eigenvalue weighted by Gasteiger charge is 2.35. The first-order valence-electron chi connectivity index (χ1n) is 10.8. The second-order valence-corrected chi connectivity index (χ2v) is 8.42. The van der Waals surface area contributed by atoms with Crippen LogP contribution in [0.3, 0.4) is 0 Å². The Morgan fingerprint density at radius 1 is 0.576 bits per heavy atom. The third kappa shape index (κ3) is 2.24. The molecule has 0 saturated heterocycles. The summed E-state index contributed by atoms with van der Waals surface area (Å²) in [4.78, 5) is 28.5. The third-order valence-corrected chi connectivity index (χ3v) is 6.84. The molecule has 7 rings (SSSR count). The maximum absolute atomic E-state index is 13.6. The van der Waals surface area contributed by atoms with Crippen molar-refractivity contribution in [3.8, 4) is 5.75 Å². The zero-order chi connectivity index (χ0) is 22.3. The molecule has 0 atom stereocenters. The second kappa shape index (κ2) is 6.30. The van der Waals surface area contributed by atoms with Crippen LogP contribution in [0.25, 0.3) is 43.1 Å². The Labute approximate surface area is 188 Å². The molecule has 2 amide bonds. The molecule has 6 aromatic carbocycles. The molecule has 0 radical (unpaired) electrons. The lowest BCUT2D eigenvalue weighted by Gasteiger charge is -2.28. The van der Waals surface area contributed by atoms with E-state index in [1.54, 1.807) is 31.4 Å². The van der Waals surface area contributed by atoms with E-state index in [1.165, 1.54) is 15.7 Å². The number of hydrogen-bond donors (Lipinski definition) is 0. The largest absolute Gasteiger partial charge is 0.497 e. The normalized spacial score (nSPS) is 13.7. The molecule has 1 aliphatic rings. The van der Waals surface area contributed by atoms with Crippen LogP contribution in [-0.2, 0) is 0 Å². The van der Waals surface area contributed by atoms with Crippen molar-refractivity contribution in [3.63, 3.8) is 0 Å². The minimum Gasteiger partial charge on any atom is -0.497 e. The lowest BCUT2D eigenvalue weighted by atomic mass is 9.85. The van der Waals surface area contributed by atoms with E-state index in [1.807, 2.05) is 24.3 Å². The van der Waals surface area contributed by atoms with Crippen LogP contribution in [0.15, 0.2) is 84.9 Å². The van der Waals surface area contributed by atoms with Gasteiger partial charge in [-0.3, -0.25) is 9.59 Å². The number of anilines is 1. The van der Waals surface area contributed by atoms with Crippen molar-refractivity contribution in [2.45, 2.75) is 0 Å². The van der Waals surface area contributed by atoms with Gasteiger partial charge in [0.25, 0.3) is 11.8 Å². The maximum Gasteiger partial charge on any atom is 0.265 e. The van der Waals surface area contributed by atoms with E-state index in [-0.39, 0.29) is 11.8 Å². The van der Waals surface area contributed by atoms with Crippen molar-refractivity contribution in [1.82, 2.24) is 0 Å². The molecule has 1 heterocycles. The van der Waals surface area contributed by atoms with Crippen molar-refractivity contribution in [2.24, 2.45) is 0 Å². The molecular formula is C29H17NO3. The lowest BCUT2D eigenvalue weighted by Crippen LogP contribution is -2.40. The molecule has 0 spiro atoms. The van der Waals surface area contributed by atoms with Gasteiger partial charge in [-0.15, -0.1) is 0 Å². The van der Waals surface area contributed by atoms with Crippen molar-refractivity contribution in [3.05, 3.63) is 96.1 Å². The Balaban J connectivity index is 1.57. The van der Waals surface area contributed by atoms with E-state index in [0.29, 0.717) is 22.6 Å². The summed E-state index contributed by atoms with van der Waals surface area (Å²) in [5, 5.41) is 8.52. The standard InChI is InChI=1S/C29H17NO3/c1-33-18-10-8-17(9-11-18)30-28(31)23-14-12-21-19-6-2-4-16-5-3-7-20(25(16)19)22-13-15-24(29(30)32)27(23)26(21)22/h2-15H,1H3. The minimum atomic E-state index is -0.307. The third-order valence-electron chi connectivity index (χ3n) is 6.84. The van der Waals surface area contributed by atoms with E-state index in [4.69, 9.17) is 4.74 Å². The van der Waals surface area contributed by atoms with Gasteiger partial charge in [-0.25, -0.2) is 4.90 Å². The molecule has 0 saturated carbocycles. The van der Waals surface area contributed by atoms with Gasteiger partial charge in [0, 0.05) is 16.5 Å². The Morgan fingerprint density at radius 2 is 1.12 bits per heavy atom. The first-order valence-corrected chi connectivity index (χ1v) is 10.8. The van der Waals surface area contributed by atoms with Crippen LogP contribution in [0.1, 0.15) is 20.7 Å². The van der Waals surface area contributed by atoms with Crippen molar-refractivity contribution < 1.29 is 14.3 Å². The monoisotopic (exact) mass is 427 g/mol. The molecule has 0 N–H and O–H groups in total. The Bertz CT molecular complexity index is 1680. The Hall–Kier alpha value is -4.44. The summed E-state index contributed by atoms with van der Waals surface area (Å²) in [5.74, 6) is 0.0549. The maximum atomic E-state index is 13.6. The highest BCUT2D eigenvalue weighted by molar-refractivity contribution is 6.42. The number of imide groups is 1. The SMILES string of the molecule is COc1ccc(N2C(=O)c3ccc4c5cccc6cccc(c7ccc(c3c47)C2=O)c65)cc1. The predicted octanol–water partition coefficient (Wildman–Crippen LogP) is 6.55. The van der Waals surface area contributed by atoms with Gasteiger partial charge in [0.1, 0.15) is 5.75 Å². The van der Waals surface area contributed by atoms with Crippen LogP contribution >= 0.6 is 0 Å². The van der Waals surface area contributed by atoms with Gasteiger partial charge in [-0.2, -0.15) is 0 Å². The zero-order valence-corrected chi connectivity index (χ0v) is 17.8. The number of carbonyl (C=O) groups excluding carboxylic acids is 2. The number of methoxy groups -OCH3 is 1. The minimum absolute atomic E-state index is 0.307. The highest BCUT2D eigenvalue weighted by Crippen LogP contribution is 2.44. The van der Waals surface area contributed by atoms with E-state index in [9.17, 15) is 9.59 Å². The number of nitrogens with zero attached hydrogens (tertiary/aromatic N) is 1. The average Bonchev–Trinajstić information content (AvgIpc) is 2.86. The van der Waals surface area contributed by atoms with Crippen LogP contribution in [0.5, 0.6) is 5.75 Å². The predicted molar refractivity (Wildman–Crippen MR) is 132 cm³/mol. The molecule has 1 aliphatic heterocycles. The molecule has 4 nitrogen and oxygen atoms in total. The molecule has 33 heavy (non-hydrogen) atoms. The molecule has 0 bridgehead atoms. The number of hydrogen-bond acceptors (Lipinski definition) is 3. The summed E-state index contributed by atoms with van der Waals surface area (Å²) in [6.45, 7) is 0. The molecule has 0 fully saturated rings. The molecule has 4 heteroatoms. The molecule has 156 valence electrons. The highest BCUT2D eigenvalue weighted by atomic mass is 16.5. The van der Waals surface area contributed by atoms with Crippen molar-refractivity contribution >= 4 is 60.6 Å². The van der Waals surface area contributed by atoms with E-state index >= 15 is 0 Å². The second-order valence-electron chi connectivity index (χ2n) is 8.42. The summed E-state index contributed by atoms with van der Waals surface area (Å²) in [7, 11) is 1.58. The fourth-order valence-electron chi connectivity index (χ4n) is 5.39. The number of amides is 2. The summed E-state index contributed by atoms with van der Waals surface area (Å²) in [6.07, 6.45) is 0. The lowest BCUT2D eigenvalue weighted by molar-refractivity contribution is 0.0893. The summed E-state index contributed by atoms with van der Waals surface area (Å²) in [5.41, 5.74) is 1.63. The van der Waals surface area contributed by atoms with Gasteiger partial charge in [-0.05, 0) is 74.1 Å². The Kier molecular flexibility index (Phi) is 3.47. The first-order chi connectivity index (χ1) is 16.2. The fourth-order valence-corrected chi connectivity index (χ4v) is 5.39. The van der Waals surface area contributed by atoms with Crippen LogP contribution in [0.4, 0.5) is 5.69 Å². The molecule has 0 aromatic heterocycles. The van der Waals surface area contributed by atoms with Gasteiger partial charge in [0.15, 0.2) is 0 Å². The van der Waals surface area contributed by atoms with Crippen molar-refractivity contribution in [2.75, 3.05) is 12.0 Å². The topological polar surface area (TPSA) is 46.6 Å². The van der Waals surface area contributed by atoms with E-state index in [0.717, 1.165) is 32.3 Å². The molecule has 0 unspecified atom stereocenters. The van der Waals surface area contributed by atoms with Gasteiger partial charge in [0.2, 0.25) is 0 Å². The van der Waals surface area contributed by atoms with Crippen molar-refractivity contribution in [1.29, 1.82) is 0 Å². The summed E-state index contributed by atoms with van der Waals surface area (Å²) >= 11 is 0. The van der Waals surface area contributed by atoms with Gasteiger partial charge >= 0.3 is 0 Å². The van der Waals surface area contributed by atoms with Crippen LogP contribution in [-0.4, -0.2) is 18.9 Å². The van der Waals surface area contributed by atoms with Gasteiger partial charge in [-0.1, -0.05) is 48.5 Å². The van der Waals surface area contributed by atoms with Gasteiger partial charge in [0.05, 0.1) is 12.8 Å². The number of rotatable bonds is 2.